The topological polar surface area (TPSA) is 43.0 Å². The second-order valence-corrected chi connectivity index (χ2v) is 5.21. The minimum Gasteiger partial charge on any atom is -0.452 e. The quantitative estimate of drug-likeness (QED) is 0.802. The van der Waals surface area contributed by atoms with Crippen LogP contribution in [0.5, 0.6) is 0 Å². The van der Waals surface area contributed by atoms with Crippen LogP contribution in [-0.2, 0) is 13.1 Å². The van der Waals surface area contributed by atoms with Crippen LogP contribution in [0.2, 0.25) is 0 Å². The minimum atomic E-state index is 0.739. The van der Waals surface area contributed by atoms with Crippen LogP contribution in [0.4, 0.5) is 0 Å². The number of hydrogen-bond donors (Lipinski definition) is 1. The first-order valence-electron chi connectivity index (χ1n) is 5.37. The van der Waals surface area contributed by atoms with Crippen LogP contribution < -0.4 is 5.32 Å². The summed E-state index contributed by atoms with van der Waals surface area (Å²) in [5, 5.41) is 7.47. The zero-order chi connectivity index (χ0) is 12.1. The van der Waals surface area contributed by atoms with Crippen molar-refractivity contribution in [1.29, 1.82) is 0 Å². The molecule has 4 nitrogen and oxygen atoms in total. The smallest absolute Gasteiger partial charge is 0.183 e. The van der Waals surface area contributed by atoms with Crippen molar-refractivity contribution in [3.05, 3.63) is 39.4 Å². The molecule has 2 rings (SSSR count). The fourth-order valence-electron chi connectivity index (χ4n) is 1.49. The van der Waals surface area contributed by atoms with Crippen LogP contribution in [0.1, 0.15) is 12.2 Å². The predicted octanol–water partition coefficient (Wildman–Crippen LogP) is 3.18. The molecule has 0 saturated heterocycles. The van der Waals surface area contributed by atoms with Gasteiger partial charge < -0.3 is 9.73 Å². The van der Waals surface area contributed by atoms with Crippen LogP contribution in [0.3, 0.4) is 0 Å². The first-order valence-corrected chi connectivity index (χ1v) is 6.96. The van der Waals surface area contributed by atoms with Gasteiger partial charge in [0.05, 0.1) is 11.0 Å². The molecule has 17 heavy (non-hydrogen) atoms. The molecule has 0 fully saturated rings. The standard InChI is InChI=1S/C11H13Br2N3O/c12-10-7-9(17-11(10)13)8-14-3-1-5-16-6-2-4-15-16/h2,4,6-7,14H,1,3,5,8H2. The van der Waals surface area contributed by atoms with Crippen molar-refractivity contribution in [2.24, 2.45) is 0 Å². The van der Waals surface area contributed by atoms with Gasteiger partial charge >= 0.3 is 0 Å². The van der Waals surface area contributed by atoms with Crippen molar-refractivity contribution in [1.82, 2.24) is 15.1 Å². The maximum Gasteiger partial charge on any atom is 0.183 e. The van der Waals surface area contributed by atoms with E-state index in [1.54, 1.807) is 6.20 Å². The summed E-state index contributed by atoms with van der Waals surface area (Å²) in [6.07, 6.45) is 4.82. The number of aryl methyl sites for hydroxylation is 1. The number of nitrogens with zero attached hydrogens (tertiary/aromatic N) is 2. The van der Waals surface area contributed by atoms with Crippen LogP contribution >= 0.6 is 31.9 Å². The van der Waals surface area contributed by atoms with Gasteiger partial charge in [-0.3, -0.25) is 4.68 Å². The Morgan fingerprint density at radius 2 is 2.29 bits per heavy atom. The molecule has 2 heterocycles. The molecule has 0 aliphatic carbocycles. The van der Waals surface area contributed by atoms with Crippen LogP contribution in [0.25, 0.3) is 0 Å². The zero-order valence-electron chi connectivity index (χ0n) is 9.20. The van der Waals surface area contributed by atoms with Crippen molar-refractivity contribution in [3.63, 3.8) is 0 Å². The number of rotatable bonds is 6. The summed E-state index contributed by atoms with van der Waals surface area (Å²) < 4.78 is 9.08. The molecular weight excluding hydrogens is 350 g/mol. The molecule has 0 saturated carbocycles. The van der Waals surface area contributed by atoms with Crippen LogP contribution in [-0.4, -0.2) is 16.3 Å². The molecule has 1 N–H and O–H groups in total. The van der Waals surface area contributed by atoms with Gasteiger partial charge in [-0.2, -0.15) is 5.10 Å². The predicted molar refractivity (Wildman–Crippen MR) is 72.7 cm³/mol. The average Bonchev–Trinajstić information content (AvgIpc) is 2.90. The van der Waals surface area contributed by atoms with Crippen LogP contribution in [0.15, 0.2) is 38.1 Å². The third-order valence-electron chi connectivity index (χ3n) is 2.30. The Kier molecular flexibility index (Phi) is 4.82. The van der Waals surface area contributed by atoms with Crippen molar-refractivity contribution >= 4 is 31.9 Å². The fraction of sp³-hybridized carbons (Fsp3) is 0.364. The Hall–Kier alpha value is -0.590. The second kappa shape index (κ2) is 6.37. The van der Waals surface area contributed by atoms with Crippen molar-refractivity contribution < 1.29 is 4.42 Å². The summed E-state index contributed by atoms with van der Waals surface area (Å²) >= 11 is 6.70. The summed E-state index contributed by atoms with van der Waals surface area (Å²) in [7, 11) is 0. The highest BCUT2D eigenvalue weighted by molar-refractivity contribution is 9.13. The molecule has 92 valence electrons. The molecule has 0 aliphatic heterocycles. The molecule has 2 aromatic rings. The van der Waals surface area contributed by atoms with E-state index in [0.29, 0.717) is 0 Å². The summed E-state index contributed by atoms with van der Waals surface area (Å²) in [5.41, 5.74) is 0. The highest BCUT2D eigenvalue weighted by atomic mass is 79.9. The highest BCUT2D eigenvalue weighted by Crippen LogP contribution is 2.26. The van der Waals surface area contributed by atoms with Gasteiger partial charge in [-0.15, -0.1) is 0 Å². The van der Waals surface area contributed by atoms with Gasteiger partial charge in [0.15, 0.2) is 4.67 Å². The Bertz CT molecular complexity index is 434. The minimum absolute atomic E-state index is 0.739. The Labute approximate surface area is 117 Å². The molecule has 0 unspecified atom stereocenters. The van der Waals surface area contributed by atoms with Crippen molar-refractivity contribution in [2.45, 2.75) is 19.5 Å². The van der Waals surface area contributed by atoms with E-state index in [-0.39, 0.29) is 0 Å². The van der Waals surface area contributed by atoms with Crippen LogP contribution in [0, 0.1) is 0 Å². The third-order valence-corrected chi connectivity index (χ3v) is 4.01. The van der Waals surface area contributed by atoms with Crippen molar-refractivity contribution in [3.8, 4) is 0 Å². The molecule has 6 heteroatoms. The highest BCUT2D eigenvalue weighted by Gasteiger charge is 2.04. The lowest BCUT2D eigenvalue weighted by molar-refractivity contribution is 0.456. The van der Waals surface area contributed by atoms with Gasteiger partial charge in [0.25, 0.3) is 0 Å². The summed E-state index contributed by atoms with van der Waals surface area (Å²) in [5.74, 6) is 0.919. The molecule has 0 aromatic carbocycles. The van der Waals surface area contributed by atoms with E-state index >= 15 is 0 Å². The molecular formula is C11H13Br2N3O. The molecule has 2 aromatic heterocycles. The second-order valence-electron chi connectivity index (χ2n) is 3.63. The number of nitrogens with one attached hydrogen (secondary N) is 1. The van der Waals surface area contributed by atoms with E-state index in [9.17, 15) is 0 Å². The zero-order valence-corrected chi connectivity index (χ0v) is 12.4. The molecule has 0 aliphatic rings. The average molecular weight is 363 g/mol. The van der Waals surface area contributed by atoms with E-state index in [0.717, 1.165) is 41.0 Å². The van der Waals surface area contributed by atoms with E-state index < -0.39 is 0 Å². The van der Waals surface area contributed by atoms with Gasteiger partial charge in [0.1, 0.15) is 5.76 Å². The third kappa shape index (κ3) is 3.97. The maximum absolute atomic E-state index is 5.46. The molecule has 0 amide bonds. The van der Waals surface area contributed by atoms with E-state index in [4.69, 9.17) is 4.42 Å². The van der Waals surface area contributed by atoms with Gasteiger partial charge in [0, 0.05) is 18.9 Å². The Balaban J connectivity index is 1.63. The summed E-state index contributed by atoms with van der Waals surface area (Å²) in [6.45, 7) is 2.62. The molecule has 0 bridgehead atoms. The lowest BCUT2D eigenvalue weighted by Gasteiger charge is -2.03. The van der Waals surface area contributed by atoms with E-state index in [2.05, 4.69) is 42.3 Å². The summed E-state index contributed by atoms with van der Waals surface area (Å²) in [4.78, 5) is 0. The number of furan rings is 1. The number of hydrogen-bond acceptors (Lipinski definition) is 3. The summed E-state index contributed by atoms with van der Waals surface area (Å²) in [6, 6.07) is 3.90. The monoisotopic (exact) mass is 361 g/mol. The Morgan fingerprint density at radius 3 is 2.94 bits per heavy atom. The van der Waals surface area contributed by atoms with Gasteiger partial charge in [-0.05, 0) is 57.0 Å². The largest absolute Gasteiger partial charge is 0.452 e. The Morgan fingerprint density at radius 1 is 1.41 bits per heavy atom. The van der Waals surface area contributed by atoms with Gasteiger partial charge in [-0.25, -0.2) is 0 Å². The van der Waals surface area contributed by atoms with Crippen molar-refractivity contribution in [2.75, 3.05) is 6.54 Å². The maximum atomic E-state index is 5.46. The van der Waals surface area contributed by atoms with Gasteiger partial charge in [0.2, 0.25) is 0 Å². The fourth-order valence-corrected chi connectivity index (χ4v) is 2.15. The van der Waals surface area contributed by atoms with E-state index in [1.807, 2.05) is 23.0 Å². The SMILES string of the molecule is Brc1cc(CNCCCn2cccn2)oc1Br. The number of halogens is 2. The normalized spacial score (nSPS) is 10.9. The molecule has 0 atom stereocenters. The van der Waals surface area contributed by atoms with Gasteiger partial charge in [-0.1, -0.05) is 0 Å². The first-order chi connectivity index (χ1) is 8.25. The van der Waals surface area contributed by atoms with E-state index in [1.165, 1.54) is 0 Å². The number of aromatic nitrogens is 2. The first kappa shape index (κ1) is 12.9. The molecule has 0 spiro atoms. The lowest BCUT2D eigenvalue weighted by atomic mass is 10.4. The lowest BCUT2D eigenvalue weighted by Crippen LogP contribution is -2.16. The molecule has 0 radical (unpaired) electrons.